The molecular weight excluding hydrogens is 409 g/mol. The molecule has 1 aromatic carbocycles. The molecule has 2 fully saturated rings. The van der Waals surface area contributed by atoms with Crippen molar-refractivity contribution in [1.82, 2.24) is 15.0 Å². The van der Waals surface area contributed by atoms with Crippen molar-refractivity contribution in [3.8, 4) is 22.9 Å². The van der Waals surface area contributed by atoms with Crippen molar-refractivity contribution in [3.05, 3.63) is 70.2 Å². The van der Waals surface area contributed by atoms with Crippen molar-refractivity contribution in [1.29, 1.82) is 5.26 Å². The van der Waals surface area contributed by atoms with Gasteiger partial charge in [-0.1, -0.05) is 6.07 Å². The number of pyridine rings is 1. The maximum atomic E-state index is 14.1. The van der Waals surface area contributed by atoms with Gasteiger partial charge in [0.2, 0.25) is 5.95 Å². The fraction of sp³-hybridized carbons (Fsp3) is 0.333. The number of nitrogens with one attached hydrogen (secondary N) is 1. The highest BCUT2D eigenvalue weighted by Gasteiger charge is 2.26. The minimum absolute atomic E-state index is 0.0664. The van der Waals surface area contributed by atoms with Crippen molar-refractivity contribution >= 4 is 5.95 Å². The molecule has 3 aromatic rings. The molecule has 1 saturated carbocycles. The van der Waals surface area contributed by atoms with E-state index in [2.05, 4.69) is 19.9 Å². The van der Waals surface area contributed by atoms with Gasteiger partial charge in [0.15, 0.2) is 0 Å². The Labute approximate surface area is 184 Å². The summed E-state index contributed by atoms with van der Waals surface area (Å²) in [4.78, 5) is 26.3. The van der Waals surface area contributed by atoms with Gasteiger partial charge in [-0.05, 0) is 48.1 Å². The molecule has 0 spiro atoms. The first-order valence-electron chi connectivity index (χ1n) is 10.8. The Morgan fingerprint density at radius 1 is 1.12 bits per heavy atom. The van der Waals surface area contributed by atoms with Crippen LogP contribution in [0.1, 0.15) is 42.7 Å². The number of nitriles is 1. The molecule has 162 valence electrons. The third-order valence-corrected chi connectivity index (χ3v) is 6.03. The van der Waals surface area contributed by atoms with Gasteiger partial charge in [-0.15, -0.1) is 0 Å². The predicted octanol–water partition coefficient (Wildman–Crippen LogP) is 3.77. The smallest absolute Gasteiger partial charge is 0.259 e. The van der Waals surface area contributed by atoms with E-state index < -0.39 is 5.82 Å². The van der Waals surface area contributed by atoms with E-state index in [1.54, 1.807) is 18.2 Å². The number of hydrogen-bond acceptors (Lipinski definition) is 6. The molecule has 5 rings (SSSR count). The molecule has 3 heterocycles. The monoisotopic (exact) mass is 431 g/mol. The lowest BCUT2D eigenvalue weighted by atomic mass is 10.0. The maximum Gasteiger partial charge on any atom is 0.259 e. The van der Waals surface area contributed by atoms with Crippen LogP contribution in [0.15, 0.2) is 47.7 Å². The number of nitrogens with zero attached hydrogens (tertiary/aromatic N) is 4. The fourth-order valence-corrected chi connectivity index (χ4v) is 4.07. The largest absolute Gasteiger partial charge is 0.489 e. The number of halogens is 1. The number of hydrogen-bond donors (Lipinski definition) is 1. The van der Waals surface area contributed by atoms with Crippen molar-refractivity contribution in [2.45, 2.75) is 37.7 Å². The van der Waals surface area contributed by atoms with E-state index >= 15 is 0 Å². The second-order valence-corrected chi connectivity index (χ2v) is 8.25. The molecule has 1 aliphatic carbocycles. The third kappa shape index (κ3) is 4.06. The lowest BCUT2D eigenvalue weighted by molar-refractivity contribution is 0.171. The van der Waals surface area contributed by atoms with Gasteiger partial charge in [0, 0.05) is 44.5 Å². The maximum absolute atomic E-state index is 14.1. The summed E-state index contributed by atoms with van der Waals surface area (Å²) >= 11 is 0. The van der Waals surface area contributed by atoms with Crippen LogP contribution in [0.25, 0.3) is 11.1 Å². The van der Waals surface area contributed by atoms with E-state index in [-0.39, 0.29) is 22.8 Å². The molecule has 32 heavy (non-hydrogen) atoms. The van der Waals surface area contributed by atoms with Crippen LogP contribution in [0, 0.1) is 17.1 Å². The van der Waals surface area contributed by atoms with Crippen molar-refractivity contribution < 1.29 is 9.13 Å². The lowest BCUT2D eigenvalue weighted by Crippen LogP contribution is -2.39. The van der Waals surface area contributed by atoms with Crippen LogP contribution in [0.5, 0.6) is 5.75 Å². The summed E-state index contributed by atoms with van der Waals surface area (Å²) in [5, 5.41) is 8.95. The zero-order chi connectivity index (χ0) is 22.1. The highest BCUT2D eigenvalue weighted by Crippen LogP contribution is 2.39. The van der Waals surface area contributed by atoms with Crippen molar-refractivity contribution in [2.24, 2.45) is 0 Å². The van der Waals surface area contributed by atoms with Gasteiger partial charge in [0.25, 0.3) is 5.56 Å². The molecule has 7 nitrogen and oxygen atoms in total. The Hall–Kier alpha value is -3.73. The third-order valence-electron chi connectivity index (χ3n) is 6.03. The highest BCUT2D eigenvalue weighted by molar-refractivity contribution is 5.70. The van der Waals surface area contributed by atoms with E-state index in [1.807, 2.05) is 12.4 Å². The summed E-state index contributed by atoms with van der Waals surface area (Å²) in [7, 11) is 0. The van der Waals surface area contributed by atoms with Gasteiger partial charge in [-0.25, -0.2) is 14.4 Å². The van der Waals surface area contributed by atoms with E-state index in [0.29, 0.717) is 17.2 Å². The molecule has 8 heteroatoms. The minimum Gasteiger partial charge on any atom is -0.489 e. The normalized spacial score (nSPS) is 16.6. The zero-order valence-electron chi connectivity index (χ0n) is 17.4. The van der Waals surface area contributed by atoms with Crippen LogP contribution in [-0.4, -0.2) is 34.1 Å². The first kappa shape index (κ1) is 20.2. The molecule has 0 radical (unpaired) electrons. The highest BCUT2D eigenvalue weighted by atomic mass is 19.1. The molecule has 0 bridgehead atoms. The van der Waals surface area contributed by atoms with Crippen LogP contribution in [0.2, 0.25) is 0 Å². The topological polar surface area (TPSA) is 94.9 Å². The number of aromatic nitrogens is 3. The van der Waals surface area contributed by atoms with Crippen LogP contribution in [-0.2, 0) is 0 Å². The lowest BCUT2D eigenvalue weighted by Gasteiger charge is -2.32. The Kier molecular flexibility index (Phi) is 5.31. The van der Waals surface area contributed by atoms with Crippen LogP contribution in [0.4, 0.5) is 10.3 Å². The number of H-pyrrole nitrogens is 1. The summed E-state index contributed by atoms with van der Waals surface area (Å²) in [5.74, 6) is 1.11. The predicted molar refractivity (Wildman–Crippen MR) is 117 cm³/mol. The summed E-state index contributed by atoms with van der Waals surface area (Å²) < 4.78 is 20.3. The molecule has 1 N–H and O–H groups in total. The number of ether oxygens (including phenoxy) is 1. The average molecular weight is 431 g/mol. The number of anilines is 1. The fourth-order valence-electron chi connectivity index (χ4n) is 4.07. The van der Waals surface area contributed by atoms with E-state index in [9.17, 15) is 9.18 Å². The minimum atomic E-state index is -0.666. The van der Waals surface area contributed by atoms with Gasteiger partial charge < -0.3 is 14.6 Å². The molecule has 0 amide bonds. The molecule has 1 aliphatic heterocycles. The first-order chi connectivity index (χ1) is 15.6. The van der Waals surface area contributed by atoms with Gasteiger partial charge in [-0.2, -0.15) is 5.26 Å². The molecule has 0 unspecified atom stereocenters. The quantitative estimate of drug-likeness (QED) is 0.661. The van der Waals surface area contributed by atoms with Gasteiger partial charge in [-0.3, -0.25) is 4.79 Å². The summed E-state index contributed by atoms with van der Waals surface area (Å²) in [6.07, 6.45) is 9.26. The molecule has 0 atom stereocenters. The standard InChI is InChI=1S/C24H22FN5O2/c25-20-11-16(3-4-17(20)12-26)22-21(5-8-27-23(22)31)32-19-6-9-30(10-7-19)24-28-13-18(14-29-24)15-1-2-15/h3-5,8,11,13-15,19H,1-2,6-7,9-10H2,(H,27,31). The summed E-state index contributed by atoms with van der Waals surface area (Å²) in [5.41, 5.74) is 1.42. The summed E-state index contributed by atoms with van der Waals surface area (Å²) in [6.45, 7) is 1.49. The SMILES string of the molecule is N#Cc1ccc(-c2c(OC3CCN(c4ncc(C5CC5)cn4)CC3)cc[nH]c2=O)cc1F. The van der Waals surface area contributed by atoms with Crippen LogP contribution in [0.3, 0.4) is 0 Å². The number of benzene rings is 1. The van der Waals surface area contributed by atoms with Crippen LogP contribution >= 0.6 is 0 Å². The average Bonchev–Trinajstić information content (AvgIpc) is 3.65. The van der Waals surface area contributed by atoms with E-state index in [0.717, 1.165) is 31.9 Å². The van der Waals surface area contributed by atoms with Gasteiger partial charge in [0.1, 0.15) is 23.7 Å². The van der Waals surface area contributed by atoms with Crippen LogP contribution < -0.4 is 15.2 Å². The number of rotatable bonds is 5. The van der Waals surface area contributed by atoms with Crippen molar-refractivity contribution in [2.75, 3.05) is 18.0 Å². The number of piperidine rings is 1. The molecule has 2 aliphatic rings. The zero-order valence-corrected chi connectivity index (χ0v) is 17.4. The van der Waals surface area contributed by atoms with Gasteiger partial charge >= 0.3 is 0 Å². The molecule has 1 saturated heterocycles. The Bertz CT molecular complexity index is 1220. The molecule has 2 aromatic heterocycles. The Balaban J connectivity index is 1.29. The first-order valence-corrected chi connectivity index (χ1v) is 10.8. The number of aromatic amines is 1. The Morgan fingerprint density at radius 2 is 1.88 bits per heavy atom. The van der Waals surface area contributed by atoms with E-state index in [4.69, 9.17) is 10.00 Å². The second kappa shape index (κ2) is 8.42. The second-order valence-electron chi connectivity index (χ2n) is 8.25. The Morgan fingerprint density at radius 3 is 2.53 bits per heavy atom. The summed E-state index contributed by atoms with van der Waals surface area (Å²) in [6, 6.07) is 7.59. The van der Waals surface area contributed by atoms with Crippen molar-refractivity contribution in [3.63, 3.8) is 0 Å². The molecular formula is C24H22FN5O2. The van der Waals surface area contributed by atoms with E-state index in [1.165, 1.54) is 36.7 Å². The van der Waals surface area contributed by atoms with Gasteiger partial charge in [0.05, 0.1) is 11.1 Å².